The highest BCUT2D eigenvalue weighted by Crippen LogP contribution is 2.52. The van der Waals surface area contributed by atoms with Gasteiger partial charge >= 0.3 is 0 Å². The van der Waals surface area contributed by atoms with Crippen molar-refractivity contribution in [3.05, 3.63) is 94.5 Å². The first kappa shape index (κ1) is 43.2. The Kier molecular flexibility index (Phi) is 13.0. The second-order valence-electron chi connectivity index (χ2n) is 14.0. The topological polar surface area (TPSA) is 340 Å². The molecular weight excluding hydrogens is 784 g/mol. The van der Waals surface area contributed by atoms with Gasteiger partial charge in [0.05, 0.1) is 19.3 Å². The van der Waals surface area contributed by atoms with Crippen LogP contribution in [0.5, 0.6) is 46.0 Å². The molecule has 2 aliphatic heterocycles. The third-order valence-electron chi connectivity index (χ3n) is 10.1. The van der Waals surface area contributed by atoms with Gasteiger partial charge in [-0.05, 0) is 41.5 Å². The minimum atomic E-state index is -2.05. The smallest absolute Gasteiger partial charge is 0.229 e. The largest absolute Gasteiger partial charge is 0.508 e. The van der Waals surface area contributed by atoms with E-state index in [2.05, 4.69) is 0 Å². The first-order valence-electron chi connectivity index (χ1n) is 18.1. The van der Waals surface area contributed by atoms with Crippen molar-refractivity contribution < 1.29 is 95.5 Å². The van der Waals surface area contributed by atoms with Crippen molar-refractivity contribution in [2.24, 2.45) is 0 Å². The summed E-state index contributed by atoms with van der Waals surface area (Å²) >= 11 is 0. The van der Waals surface area contributed by atoms with E-state index in [0.29, 0.717) is 5.56 Å². The lowest BCUT2D eigenvalue weighted by Crippen LogP contribution is -2.60. The van der Waals surface area contributed by atoms with E-state index in [0.717, 1.165) is 18.2 Å². The Balaban J connectivity index is 1.56. The summed E-state index contributed by atoms with van der Waals surface area (Å²) in [6, 6.07) is 13.4. The predicted octanol–water partition coefficient (Wildman–Crippen LogP) is -0.687. The second-order valence-corrected chi connectivity index (χ2v) is 14.0. The molecule has 0 aromatic heterocycles. The Morgan fingerprint density at radius 1 is 0.542 bits per heavy atom. The maximum Gasteiger partial charge on any atom is 0.229 e. The van der Waals surface area contributed by atoms with E-state index in [1.165, 1.54) is 60.7 Å². The molecular formula is C40H44O19. The zero-order valence-corrected chi connectivity index (χ0v) is 30.7. The summed E-state index contributed by atoms with van der Waals surface area (Å²) in [5, 5.41) is 160. The Morgan fingerprint density at radius 2 is 1.03 bits per heavy atom. The molecule has 0 unspecified atom stereocenters. The molecule has 2 saturated heterocycles. The summed E-state index contributed by atoms with van der Waals surface area (Å²) in [5.74, 6) is -6.06. The van der Waals surface area contributed by atoms with Gasteiger partial charge in [0, 0.05) is 34.7 Å². The van der Waals surface area contributed by atoms with Crippen LogP contribution in [0.15, 0.2) is 66.7 Å². The summed E-state index contributed by atoms with van der Waals surface area (Å²) < 4.78 is 22.7. The SMILES string of the molecule is OC[C@H]1O[C@@H](Oc2c(O)cc(O)cc2[C@@H](O)[C@H](c2ccc(O)cc2)c2c(O)cc(O)c(O[C@@H]3O[C@H](CO)[C@@H](O)[C@H](O)[C@H]3O)c2C=Cc2ccc(O)cc2)[C@H](O)[C@@H](O)[C@@H]1O. The number of aliphatic hydroxyl groups excluding tert-OH is 9. The van der Waals surface area contributed by atoms with Crippen molar-refractivity contribution in [2.75, 3.05) is 13.2 Å². The van der Waals surface area contributed by atoms with Gasteiger partial charge in [-0.15, -0.1) is 0 Å². The standard InChI is InChI=1S/C40H44O19/c41-14-26-31(50)33(52)35(54)39(56-26)58-37-21(10-3-16-1-6-18(43)7-2-16)29(23(46)13-25(37)48)28(17-4-8-19(44)9-5-17)30(49)22-11-20(45)12-24(47)38(22)59-40-36(55)34(53)32(51)27(15-42)57-40/h1-13,26-28,30-36,39-55H,14-15H2/t26-,27-,28-,30-,31-,32-,33+,34+,35-,36-,39+,40+/m1/s1. The van der Waals surface area contributed by atoms with Crippen molar-refractivity contribution in [2.45, 2.75) is 73.4 Å². The number of ether oxygens (including phenoxy) is 4. The number of phenolic OH excluding ortho intramolecular Hbond substituents is 6. The summed E-state index contributed by atoms with van der Waals surface area (Å²) in [6.45, 7) is -1.66. The first-order valence-corrected chi connectivity index (χ1v) is 18.1. The average Bonchev–Trinajstić information content (AvgIpc) is 3.21. The molecule has 0 saturated carbocycles. The van der Waals surface area contributed by atoms with Crippen LogP contribution in [0.2, 0.25) is 0 Å². The molecule has 15 N–H and O–H groups in total. The lowest BCUT2D eigenvalue weighted by atomic mass is 9.80. The van der Waals surface area contributed by atoms with Crippen LogP contribution < -0.4 is 9.47 Å². The second kappa shape index (κ2) is 17.8. The van der Waals surface area contributed by atoms with Crippen LogP contribution in [0.1, 0.15) is 39.8 Å². The van der Waals surface area contributed by atoms with Gasteiger partial charge in [-0.3, -0.25) is 0 Å². The Morgan fingerprint density at radius 3 is 1.56 bits per heavy atom. The van der Waals surface area contributed by atoms with Crippen molar-refractivity contribution in [3.8, 4) is 46.0 Å². The number of aliphatic hydroxyl groups is 9. The van der Waals surface area contributed by atoms with Crippen LogP contribution in [-0.2, 0) is 9.47 Å². The summed E-state index contributed by atoms with van der Waals surface area (Å²) in [4.78, 5) is 0. The third-order valence-corrected chi connectivity index (χ3v) is 10.1. The zero-order valence-electron chi connectivity index (χ0n) is 30.7. The van der Waals surface area contributed by atoms with E-state index in [4.69, 9.17) is 18.9 Å². The Bertz CT molecular complexity index is 2090. The molecule has 0 bridgehead atoms. The minimum Gasteiger partial charge on any atom is -0.508 e. The molecule has 4 aromatic carbocycles. The number of hydrogen-bond donors (Lipinski definition) is 15. The maximum absolute atomic E-state index is 12.5. The van der Waals surface area contributed by atoms with E-state index >= 15 is 0 Å². The highest BCUT2D eigenvalue weighted by molar-refractivity contribution is 5.79. The number of phenols is 6. The monoisotopic (exact) mass is 828 g/mol. The fourth-order valence-electron chi connectivity index (χ4n) is 6.95. The van der Waals surface area contributed by atoms with E-state index in [1.54, 1.807) is 0 Å². The van der Waals surface area contributed by atoms with Crippen LogP contribution in [0, 0.1) is 0 Å². The predicted molar refractivity (Wildman–Crippen MR) is 200 cm³/mol. The first-order chi connectivity index (χ1) is 28.0. The molecule has 318 valence electrons. The van der Waals surface area contributed by atoms with Crippen molar-refractivity contribution in [3.63, 3.8) is 0 Å². The van der Waals surface area contributed by atoms with Gasteiger partial charge in [0.25, 0.3) is 0 Å². The molecule has 0 spiro atoms. The van der Waals surface area contributed by atoms with Gasteiger partial charge in [-0.2, -0.15) is 0 Å². The highest BCUT2D eigenvalue weighted by Gasteiger charge is 2.47. The molecule has 6 rings (SSSR count). The number of hydrogen-bond acceptors (Lipinski definition) is 19. The van der Waals surface area contributed by atoms with E-state index in [9.17, 15) is 76.6 Å². The normalized spacial score (nSPS) is 28.3. The molecule has 0 aliphatic carbocycles. The molecule has 2 heterocycles. The lowest BCUT2D eigenvalue weighted by molar-refractivity contribution is -0.277. The van der Waals surface area contributed by atoms with Crippen LogP contribution in [0.3, 0.4) is 0 Å². The molecule has 0 amide bonds. The summed E-state index contributed by atoms with van der Waals surface area (Å²) in [5.41, 5.74) is -0.432. The van der Waals surface area contributed by atoms with Crippen LogP contribution in [0.25, 0.3) is 12.2 Å². The number of benzene rings is 4. The molecule has 19 nitrogen and oxygen atoms in total. The minimum absolute atomic E-state index is 0.0731. The summed E-state index contributed by atoms with van der Waals surface area (Å²) in [7, 11) is 0. The third kappa shape index (κ3) is 8.81. The maximum atomic E-state index is 12.5. The molecule has 4 aromatic rings. The molecule has 2 fully saturated rings. The highest BCUT2D eigenvalue weighted by atomic mass is 16.7. The van der Waals surface area contributed by atoms with Gasteiger partial charge in [0.1, 0.15) is 71.8 Å². The summed E-state index contributed by atoms with van der Waals surface area (Å²) in [6.07, 6.45) is -17.3. The Labute approximate surface area is 334 Å². The van der Waals surface area contributed by atoms with E-state index in [1.807, 2.05) is 0 Å². The quantitative estimate of drug-likeness (QED) is 0.0786. The fourth-order valence-corrected chi connectivity index (χ4v) is 6.95. The fraction of sp³-hybridized carbons (Fsp3) is 0.350. The average molecular weight is 829 g/mol. The van der Waals surface area contributed by atoms with Gasteiger partial charge in [-0.25, -0.2) is 0 Å². The zero-order chi connectivity index (χ0) is 42.9. The molecule has 19 heteroatoms. The molecule has 59 heavy (non-hydrogen) atoms. The number of aromatic hydroxyl groups is 6. The molecule has 0 radical (unpaired) electrons. The van der Waals surface area contributed by atoms with Gasteiger partial charge in [0.2, 0.25) is 12.6 Å². The number of rotatable bonds is 12. The lowest BCUT2D eigenvalue weighted by Gasteiger charge is -2.40. The van der Waals surface area contributed by atoms with E-state index in [-0.39, 0.29) is 28.2 Å². The van der Waals surface area contributed by atoms with Gasteiger partial charge < -0.3 is 95.5 Å². The van der Waals surface area contributed by atoms with Crippen LogP contribution in [-0.4, -0.2) is 151 Å². The Hall–Kier alpha value is -5.42. The van der Waals surface area contributed by atoms with Crippen molar-refractivity contribution in [1.82, 2.24) is 0 Å². The van der Waals surface area contributed by atoms with Gasteiger partial charge in [0.15, 0.2) is 23.0 Å². The van der Waals surface area contributed by atoms with Crippen molar-refractivity contribution >= 4 is 12.2 Å². The van der Waals surface area contributed by atoms with Crippen LogP contribution >= 0.6 is 0 Å². The van der Waals surface area contributed by atoms with Gasteiger partial charge in [-0.1, -0.05) is 36.4 Å². The van der Waals surface area contributed by atoms with E-state index < -0.39 is 127 Å². The van der Waals surface area contributed by atoms with Crippen LogP contribution in [0.4, 0.5) is 0 Å². The molecule has 12 atom stereocenters. The molecule has 2 aliphatic rings. The van der Waals surface area contributed by atoms with Crippen molar-refractivity contribution in [1.29, 1.82) is 0 Å².